The number of hydrogen-bond acceptors (Lipinski definition) is 4. The summed E-state index contributed by atoms with van der Waals surface area (Å²) >= 11 is 0. The van der Waals surface area contributed by atoms with Crippen LogP contribution in [-0.4, -0.2) is 26.9 Å². The van der Waals surface area contributed by atoms with Crippen LogP contribution in [-0.2, 0) is 6.54 Å². The van der Waals surface area contributed by atoms with Gasteiger partial charge >= 0.3 is 5.69 Å². The van der Waals surface area contributed by atoms with E-state index in [2.05, 4.69) is 25.8 Å². The van der Waals surface area contributed by atoms with Gasteiger partial charge in [0.1, 0.15) is 5.56 Å². The van der Waals surface area contributed by atoms with Crippen LogP contribution in [0.1, 0.15) is 65.4 Å². The molecule has 2 aliphatic carbocycles. The SMILES string of the molecule is CCCCn1c(O)c(C=N[C@@H]2C[C@H]3CC[C@]2(C)C3(C)C)c(=O)[nH]c1=O. The lowest BCUT2D eigenvalue weighted by Crippen LogP contribution is -2.35. The molecule has 0 aromatic carbocycles. The van der Waals surface area contributed by atoms with Gasteiger partial charge in [0, 0.05) is 12.8 Å². The molecule has 138 valence electrons. The van der Waals surface area contributed by atoms with E-state index in [0.29, 0.717) is 12.5 Å². The molecule has 2 fully saturated rings. The summed E-state index contributed by atoms with van der Waals surface area (Å²) < 4.78 is 1.22. The minimum atomic E-state index is -0.577. The first-order chi connectivity index (χ1) is 11.7. The van der Waals surface area contributed by atoms with Crippen LogP contribution in [0.3, 0.4) is 0 Å². The van der Waals surface area contributed by atoms with Crippen molar-refractivity contribution < 1.29 is 5.11 Å². The molecule has 0 saturated heterocycles. The van der Waals surface area contributed by atoms with Crippen molar-refractivity contribution in [2.45, 2.75) is 72.4 Å². The molecule has 0 aliphatic heterocycles. The van der Waals surface area contributed by atoms with E-state index >= 15 is 0 Å². The fourth-order valence-electron chi connectivity index (χ4n) is 4.77. The second-order valence-corrected chi connectivity index (χ2v) is 8.41. The maximum absolute atomic E-state index is 12.1. The van der Waals surface area contributed by atoms with Crippen LogP contribution < -0.4 is 11.2 Å². The molecular weight excluding hydrogens is 318 g/mol. The smallest absolute Gasteiger partial charge is 0.331 e. The highest BCUT2D eigenvalue weighted by atomic mass is 16.3. The zero-order valence-electron chi connectivity index (χ0n) is 15.6. The van der Waals surface area contributed by atoms with Crippen molar-refractivity contribution in [3.8, 4) is 5.88 Å². The highest BCUT2D eigenvalue weighted by molar-refractivity contribution is 5.82. The highest BCUT2D eigenvalue weighted by Crippen LogP contribution is 2.66. The Bertz CT molecular complexity index is 805. The number of H-pyrrole nitrogens is 1. The number of unbranched alkanes of at least 4 members (excludes halogenated alkanes) is 1. The predicted octanol–water partition coefficient (Wildman–Crippen LogP) is 2.68. The summed E-state index contributed by atoms with van der Waals surface area (Å²) in [6.45, 7) is 9.31. The van der Waals surface area contributed by atoms with Crippen molar-refractivity contribution in [2.24, 2.45) is 21.7 Å². The van der Waals surface area contributed by atoms with Gasteiger partial charge in [0.15, 0.2) is 0 Å². The van der Waals surface area contributed by atoms with Crippen LogP contribution in [0.5, 0.6) is 5.88 Å². The summed E-state index contributed by atoms with van der Waals surface area (Å²) in [7, 11) is 0. The number of aromatic hydroxyl groups is 1. The van der Waals surface area contributed by atoms with Crippen molar-refractivity contribution in [2.75, 3.05) is 0 Å². The van der Waals surface area contributed by atoms with Crippen molar-refractivity contribution in [3.63, 3.8) is 0 Å². The average molecular weight is 347 g/mol. The molecule has 2 saturated carbocycles. The molecule has 1 aromatic heterocycles. The Morgan fingerprint density at radius 2 is 2.08 bits per heavy atom. The quantitative estimate of drug-likeness (QED) is 0.803. The maximum Gasteiger partial charge on any atom is 0.331 e. The monoisotopic (exact) mass is 347 g/mol. The molecule has 25 heavy (non-hydrogen) atoms. The molecule has 3 atom stereocenters. The first kappa shape index (κ1) is 18.0. The topological polar surface area (TPSA) is 87.4 Å². The molecule has 0 unspecified atom stereocenters. The van der Waals surface area contributed by atoms with Crippen molar-refractivity contribution >= 4 is 6.21 Å². The molecule has 0 radical (unpaired) electrons. The Morgan fingerprint density at radius 3 is 2.64 bits per heavy atom. The van der Waals surface area contributed by atoms with Gasteiger partial charge in [0.2, 0.25) is 5.88 Å². The Balaban J connectivity index is 1.93. The second kappa shape index (κ2) is 6.15. The molecule has 2 N–H and O–H groups in total. The third kappa shape index (κ3) is 2.66. The minimum Gasteiger partial charge on any atom is -0.494 e. The standard InChI is InChI=1S/C19H29N3O3/c1-5-6-9-22-16(24)13(15(23)21-17(22)25)11-20-14-10-12-7-8-19(14,4)18(12,2)3/h11-12,14,24H,5-10H2,1-4H3,(H,21,23,25)/t12-,14-,19+/m1/s1. The number of nitrogens with one attached hydrogen (secondary N) is 1. The van der Waals surface area contributed by atoms with E-state index in [1.807, 2.05) is 6.92 Å². The van der Waals surface area contributed by atoms with Crippen LogP contribution in [0, 0.1) is 16.7 Å². The van der Waals surface area contributed by atoms with Crippen LogP contribution in [0.25, 0.3) is 0 Å². The minimum absolute atomic E-state index is 0.0832. The summed E-state index contributed by atoms with van der Waals surface area (Å²) in [4.78, 5) is 31.0. The summed E-state index contributed by atoms with van der Waals surface area (Å²) in [6, 6.07) is 0.149. The highest BCUT2D eigenvalue weighted by Gasteiger charge is 2.61. The number of nitrogens with zero attached hydrogens (tertiary/aromatic N) is 2. The Labute approximate surface area is 148 Å². The van der Waals surface area contributed by atoms with Gasteiger partial charge in [-0.15, -0.1) is 0 Å². The lowest BCUT2D eigenvalue weighted by molar-refractivity contribution is 0.137. The molecule has 2 aliphatic rings. The normalized spacial score (nSPS) is 30.4. The average Bonchev–Trinajstić information content (AvgIpc) is 2.87. The van der Waals surface area contributed by atoms with Gasteiger partial charge in [-0.25, -0.2) is 4.79 Å². The molecule has 0 spiro atoms. The van der Waals surface area contributed by atoms with Crippen LogP contribution in [0.15, 0.2) is 14.6 Å². The van der Waals surface area contributed by atoms with Crippen molar-refractivity contribution in [1.29, 1.82) is 0 Å². The van der Waals surface area contributed by atoms with E-state index in [0.717, 1.165) is 25.7 Å². The van der Waals surface area contributed by atoms with E-state index < -0.39 is 11.2 Å². The molecule has 6 nitrogen and oxygen atoms in total. The van der Waals surface area contributed by atoms with E-state index in [9.17, 15) is 14.7 Å². The van der Waals surface area contributed by atoms with E-state index in [1.165, 1.54) is 17.2 Å². The van der Waals surface area contributed by atoms with E-state index in [-0.39, 0.29) is 28.3 Å². The fourth-order valence-corrected chi connectivity index (χ4v) is 4.77. The Morgan fingerprint density at radius 1 is 1.36 bits per heavy atom. The Kier molecular flexibility index (Phi) is 4.41. The summed E-state index contributed by atoms with van der Waals surface area (Å²) in [5.74, 6) is 0.378. The van der Waals surface area contributed by atoms with Crippen molar-refractivity contribution in [3.05, 3.63) is 26.4 Å². The number of aromatic amines is 1. The van der Waals surface area contributed by atoms with Crippen LogP contribution in [0.2, 0.25) is 0 Å². The lowest BCUT2D eigenvalue weighted by atomic mass is 9.69. The fraction of sp³-hybridized carbons (Fsp3) is 0.737. The third-order valence-electron chi connectivity index (χ3n) is 7.07. The lowest BCUT2D eigenvalue weighted by Gasteiger charge is -2.37. The van der Waals surface area contributed by atoms with E-state index in [1.54, 1.807) is 0 Å². The molecule has 0 amide bonds. The van der Waals surface area contributed by atoms with Crippen molar-refractivity contribution in [1.82, 2.24) is 9.55 Å². The first-order valence-electron chi connectivity index (χ1n) is 9.31. The Hall–Kier alpha value is -1.85. The van der Waals surface area contributed by atoms with Gasteiger partial charge in [-0.05, 0) is 42.4 Å². The number of hydrogen-bond donors (Lipinski definition) is 2. The van der Waals surface area contributed by atoms with Gasteiger partial charge in [-0.3, -0.25) is 19.3 Å². The number of aromatic nitrogens is 2. The summed E-state index contributed by atoms with van der Waals surface area (Å²) in [5.41, 5.74) is -0.705. The zero-order valence-corrected chi connectivity index (χ0v) is 15.6. The summed E-state index contributed by atoms with van der Waals surface area (Å²) in [5, 5.41) is 10.4. The molecular formula is C19H29N3O3. The predicted molar refractivity (Wildman–Crippen MR) is 98.5 cm³/mol. The van der Waals surface area contributed by atoms with Crippen LogP contribution in [0.4, 0.5) is 0 Å². The van der Waals surface area contributed by atoms with Crippen LogP contribution >= 0.6 is 0 Å². The number of aliphatic imine (C=N–C) groups is 1. The molecule has 1 aromatic rings. The van der Waals surface area contributed by atoms with Gasteiger partial charge in [-0.2, -0.15) is 0 Å². The van der Waals surface area contributed by atoms with Gasteiger partial charge in [0.25, 0.3) is 5.56 Å². The number of rotatable bonds is 5. The number of fused-ring (bicyclic) bond motifs is 2. The zero-order chi connectivity index (χ0) is 18.4. The molecule has 2 bridgehead atoms. The maximum atomic E-state index is 12.1. The van der Waals surface area contributed by atoms with Gasteiger partial charge < -0.3 is 5.11 Å². The first-order valence-corrected chi connectivity index (χ1v) is 9.31. The molecule has 3 rings (SSSR count). The largest absolute Gasteiger partial charge is 0.494 e. The van der Waals surface area contributed by atoms with Gasteiger partial charge in [0.05, 0.1) is 6.04 Å². The third-order valence-corrected chi connectivity index (χ3v) is 7.07. The second-order valence-electron chi connectivity index (χ2n) is 8.41. The summed E-state index contributed by atoms with van der Waals surface area (Å²) in [6.07, 6.45) is 6.53. The molecule has 1 heterocycles. The van der Waals surface area contributed by atoms with Gasteiger partial charge in [-0.1, -0.05) is 34.1 Å². The van der Waals surface area contributed by atoms with E-state index in [4.69, 9.17) is 4.99 Å². The molecule has 6 heteroatoms.